The van der Waals surface area contributed by atoms with Crippen molar-refractivity contribution in [3.05, 3.63) is 102 Å². The molecule has 9 atom stereocenters. The highest BCUT2D eigenvalue weighted by Gasteiger charge is 2.35. The highest BCUT2D eigenvalue weighted by Crippen LogP contribution is 2.46. The Labute approximate surface area is 853 Å². The third-order valence-electron chi connectivity index (χ3n) is 25.4. The van der Waals surface area contributed by atoms with Gasteiger partial charge in [-0.25, -0.2) is 34.3 Å². The van der Waals surface area contributed by atoms with Gasteiger partial charge in [0.2, 0.25) is 29.5 Å². The van der Waals surface area contributed by atoms with E-state index in [0.29, 0.717) is 87.2 Å². The molecule has 0 saturated carbocycles. The number of aromatic amines is 6. The fourth-order valence-corrected chi connectivity index (χ4v) is 20.7. The van der Waals surface area contributed by atoms with Gasteiger partial charge in [0.15, 0.2) is 0 Å². The minimum Gasteiger partial charge on any atom is -0.387 e. The first kappa shape index (κ1) is 107. The zero-order valence-corrected chi connectivity index (χ0v) is 87.7. The van der Waals surface area contributed by atoms with E-state index in [4.69, 9.17) is 72.2 Å². The molecule has 12 aromatic rings. The summed E-state index contributed by atoms with van der Waals surface area (Å²) in [5, 5.41) is 32.5. The number of rotatable bonds is 21. The van der Waals surface area contributed by atoms with Gasteiger partial charge < -0.3 is 140 Å². The lowest BCUT2D eigenvalue weighted by atomic mass is 9.94. The monoisotopic (exact) mass is 2220 g/mol. The second-order valence-electron chi connectivity index (χ2n) is 36.6. The Morgan fingerprint density at radius 2 is 0.714 bits per heavy atom. The number of aliphatic hydroxyl groups excluding tert-OH is 1. The summed E-state index contributed by atoms with van der Waals surface area (Å²) in [7, 11) is 2.98. The van der Waals surface area contributed by atoms with Crippen molar-refractivity contribution in [2.45, 2.75) is 174 Å². The molecule has 6 saturated heterocycles. The van der Waals surface area contributed by atoms with E-state index >= 15 is 0 Å². The third kappa shape index (κ3) is 25.9. The minimum absolute atomic E-state index is 0.00852. The van der Waals surface area contributed by atoms with Crippen LogP contribution in [-0.2, 0) is 38.2 Å². The highest BCUT2D eigenvalue weighted by atomic mass is 79.9. The van der Waals surface area contributed by atoms with Crippen LogP contribution in [0.4, 0.5) is 72.6 Å². The number of nitrogens with zero attached hydrogens (tertiary/aromatic N) is 12. The van der Waals surface area contributed by atoms with Gasteiger partial charge in [-0.1, -0.05) is 64.7 Å². The number of carbonyl (C=O) groups excluding carboxylic acids is 6. The van der Waals surface area contributed by atoms with E-state index in [-0.39, 0.29) is 78.2 Å². The minimum atomic E-state index is -0.983. The molecule has 0 unspecified atom stereocenters. The Hall–Kier alpha value is -10.2. The number of alkyl halides is 1. The van der Waals surface area contributed by atoms with E-state index in [9.17, 15) is 33.2 Å². The number of amides is 6. The zero-order valence-electron chi connectivity index (χ0n) is 79.9. The van der Waals surface area contributed by atoms with E-state index < -0.39 is 30.8 Å². The number of carbonyl (C=O) groups is 6. The Balaban J connectivity index is 0.000000141. The van der Waals surface area contributed by atoms with Gasteiger partial charge in [0.1, 0.15) is 59.4 Å². The first-order valence-electron chi connectivity index (χ1n) is 47.1. The van der Waals surface area contributed by atoms with Crippen LogP contribution < -0.4 is 95.7 Å². The molecule has 0 bridgehead atoms. The smallest absolute Gasteiger partial charge is 0.253 e. The van der Waals surface area contributed by atoms with Crippen LogP contribution >= 0.6 is 86.9 Å². The van der Waals surface area contributed by atoms with Gasteiger partial charge in [-0.2, -0.15) is 0 Å². The molecule has 0 aliphatic carbocycles. The number of pyridine rings is 6. The number of halogens is 7. The number of aliphatic hydroxyl groups is 1. The second kappa shape index (κ2) is 49.2. The van der Waals surface area contributed by atoms with Gasteiger partial charge in [-0.3, -0.25) is 28.8 Å². The largest absolute Gasteiger partial charge is 0.387 e. The molecule has 0 spiro atoms. The van der Waals surface area contributed by atoms with Crippen LogP contribution in [0.15, 0.2) is 92.3 Å². The van der Waals surface area contributed by atoms with E-state index in [2.05, 4.69) is 187 Å². The summed E-state index contributed by atoms with van der Waals surface area (Å²) in [6, 6.07) is 0.161. The van der Waals surface area contributed by atoms with Crippen molar-refractivity contribution in [3.8, 4) is 0 Å². The van der Waals surface area contributed by atoms with Crippen molar-refractivity contribution in [2.24, 2.45) is 52.2 Å². The SMILES string of the molecule is CC(C)C(=O)Nc1c[nH]c2ncc(Br)c(N3CC[C@H](C)[C@@H](N)C3)c12.CC(C)C(=O)Nc1c[nH]c2ncc(Br)c(N3CC[C@H](F)[C@@H](N)C3)c12.CCCC(=O)Nc1c[nH]c2ncc(Br)c(N3CCC[C@@H](N)C3)c12.COCC(=O)Nc1c[nH]c2ncc(Cl)c(N3CCC[C@@H](N)C3)c12.CO[C@@H](C)C(=O)Nc1c[nH]c2ncc(Cl)c(N3CCC[C@@H](N)C3)c12.N[C@@H]1CCCN(c2c(Br)cnc3[nH]cc(NC(=O)CO)c23)C1. The summed E-state index contributed by atoms with van der Waals surface area (Å²) in [6.45, 7) is 22.1. The first-order chi connectivity index (χ1) is 67.1. The number of anilines is 12. The van der Waals surface area contributed by atoms with Crippen molar-refractivity contribution < 1.29 is 47.7 Å². The predicted octanol–water partition coefficient (Wildman–Crippen LogP) is 13.9. The number of ether oxygens (including phenoxy) is 2. The molecule has 0 radical (unpaired) electrons. The van der Waals surface area contributed by atoms with Crippen molar-refractivity contribution in [2.75, 3.05) is 167 Å². The van der Waals surface area contributed by atoms with E-state index in [0.717, 1.165) is 237 Å². The summed E-state index contributed by atoms with van der Waals surface area (Å²) >= 11 is 27.2. The molecule has 6 aliphatic rings. The van der Waals surface area contributed by atoms with Crippen molar-refractivity contribution in [1.29, 1.82) is 0 Å². The van der Waals surface area contributed by atoms with Crippen LogP contribution in [-0.4, -0.2) is 255 Å². The molecule has 6 aliphatic heterocycles. The number of methoxy groups -OCH3 is 2. The Morgan fingerprint density at radius 3 is 1.02 bits per heavy atom. The Morgan fingerprint density at radius 1 is 0.421 bits per heavy atom. The molecular formula is C94H127Br4Cl2FN30O9. The van der Waals surface area contributed by atoms with Crippen LogP contribution in [0.5, 0.6) is 0 Å². The number of fused-ring (bicyclic) bond motifs is 6. The van der Waals surface area contributed by atoms with Crippen molar-refractivity contribution in [3.63, 3.8) is 0 Å². The summed E-state index contributed by atoms with van der Waals surface area (Å²) < 4.78 is 27.1. The average Bonchev–Trinajstić information content (AvgIpc) is 1.72. The number of nitrogens with one attached hydrogen (secondary N) is 12. The molecular weight excluding hydrogens is 2100 g/mol. The molecule has 25 N–H and O–H groups in total. The molecule has 12 aromatic heterocycles. The van der Waals surface area contributed by atoms with E-state index in [1.807, 2.05) is 45.7 Å². The Kier molecular flexibility index (Phi) is 37.7. The van der Waals surface area contributed by atoms with E-state index in [1.54, 1.807) is 75.1 Å². The summed E-state index contributed by atoms with van der Waals surface area (Å²) in [5.74, 6) is -0.654. The third-order valence-corrected chi connectivity index (χ3v) is 28.2. The van der Waals surface area contributed by atoms with E-state index in [1.165, 1.54) is 14.2 Å². The number of aromatic nitrogens is 12. The van der Waals surface area contributed by atoms with Crippen LogP contribution in [0.25, 0.3) is 66.2 Å². The fraction of sp³-hybridized carbons (Fsp3) is 0.489. The van der Waals surface area contributed by atoms with Gasteiger partial charge in [0.05, 0.1) is 147 Å². The van der Waals surface area contributed by atoms with Crippen LogP contribution in [0.3, 0.4) is 0 Å². The topological polar surface area (TPSA) is 561 Å². The van der Waals surface area contributed by atoms with Crippen LogP contribution in [0, 0.1) is 17.8 Å². The summed E-state index contributed by atoms with van der Waals surface area (Å²) in [6.07, 6.45) is 30.2. The maximum Gasteiger partial charge on any atom is 0.253 e. The van der Waals surface area contributed by atoms with Gasteiger partial charge >= 0.3 is 0 Å². The van der Waals surface area contributed by atoms with Crippen LogP contribution in [0.2, 0.25) is 10.0 Å². The summed E-state index contributed by atoms with van der Waals surface area (Å²) in [5.41, 5.74) is 50.6. The lowest BCUT2D eigenvalue weighted by molar-refractivity contribution is -0.124. The number of hydrogen-bond acceptors (Lipinski definition) is 27. The standard InChI is InChI=1S/C17H24BrN5O.C16H21BrFN5O.C16H22BrN5O.C16H22ClN5O2.C15H20ClN5O2.C14H18BrN5O2/c1-9(2)17(24)22-13-7-21-16-14(13)15(11(18)6-20-16)23-5-4-10(3)12(19)8-23;1-8(2)16(24)22-12-6-21-15-13(12)14(9(17)5-20-15)23-4-3-10(18)11(19)7-23;1-2-4-13(23)21-12-8-20-16-14(12)15(11(17)7-19-16)22-6-3-5-10(18)9-22;1-9(24-2)16(23)21-12-7-20-15-13(12)14(11(17)6-19-15)22-5-3-4-10(18)8-22;1-23-8-12(22)20-11-6-19-15-13(11)14(10(16)5-18-15)21-4-2-3-9(17)7-21;15-9-4-17-14-12(10(5-18-14)19-11(22)7-21)13(9)20-3-1-2-8(16)6-20/h6-7,9-10,12H,4-5,8,19H2,1-3H3,(H,20,21)(H,22,24);5-6,8,10-11H,3-4,7,19H2,1-2H3,(H,20,21)(H,22,24);7-8,10H,2-6,9,18H2,1H3,(H,19,20)(H,21,23);6-7,9-10H,3-5,8,18H2,1-2H3,(H,19,20)(H,21,23);5-6,9H,2-4,7-8,17H2,1H3,(H,18,19)(H,20,22);4-5,8,21H,1-3,6-7,16H2,(H,17,18)(H,19,22)/t10-,12-;10-,11-;10-;9-,10+;9-;8-/m001011/s1. The van der Waals surface area contributed by atoms with Gasteiger partial charge in [-0.05, 0) is 147 Å². The molecule has 46 heteroatoms. The number of H-pyrrole nitrogens is 6. The van der Waals surface area contributed by atoms with Gasteiger partial charge in [-0.15, -0.1) is 0 Å². The molecule has 18 rings (SSSR count). The average molecular weight is 2230 g/mol. The lowest BCUT2D eigenvalue weighted by Gasteiger charge is -2.37. The highest BCUT2D eigenvalue weighted by molar-refractivity contribution is 9.11. The maximum absolute atomic E-state index is 13.7. The fourth-order valence-electron chi connectivity index (χ4n) is 17.9. The molecule has 6 amide bonds. The quantitative estimate of drug-likeness (QED) is 0.0318. The van der Waals surface area contributed by atoms with Gasteiger partial charge in [0.25, 0.3) is 5.91 Å². The predicted molar refractivity (Wildman–Crippen MR) is 571 cm³/mol. The number of nitrogens with two attached hydrogens (primary N) is 6. The number of hydrogen-bond donors (Lipinski definition) is 19. The zero-order chi connectivity index (χ0) is 101. The number of piperidine rings is 6. The second-order valence-corrected chi connectivity index (χ2v) is 40.8. The normalized spacial score (nSPS) is 19.7. The maximum atomic E-state index is 13.7. The van der Waals surface area contributed by atoms with Crippen molar-refractivity contribution in [1.82, 2.24) is 59.8 Å². The lowest BCUT2D eigenvalue weighted by Crippen LogP contribution is -2.50. The summed E-state index contributed by atoms with van der Waals surface area (Å²) in [4.78, 5) is 130. The van der Waals surface area contributed by atoms with Crippen molar-refractivity contribution >= 4 is 257 Å². The molecule has 756 valence electrons. The molecule has 140 heavy (non-hydrogen) atoms. The van der Waals surface area contributed by atoms with Gasteiger partial charge in [0, 0.05) is 203 Å². The first-order valence-corrected chi connectivity index (χ1v) is 51.0. The Bertz CT molecular complexity index is 6080. The molecule has 0 aromatic carbocycles. The van der Waals surface area contributed by atoms with Crippen LogP contribution in [0.1, 0.15) is 126 Å². The molecule has 18 heterocycles. The molecule has 6 fully saturated rings. The molecule has 39 nitrogen and oxygen atoms in total.